The van der Waals surface area contributed by atoms with Gasteiger partial charge < -0.3 is 10.6 Å². The highest BCUT2D eigenvalue weighted by Gasteiger charge is 2.47. The minimum atomic E-state index is -0.459. The number of amides is 1. The molecule has 1 aliphatic carbocycles. The second-order valence-electron chi connectivity index (χ2n) is 4.14. The van der Waals surface area contributed by atoms with Crippen LogP contribution in [0.2, 0.25) is 0 Å². The first-order chi connectivity index (χ1) is 7.68. The van der Waals surface area contributed by atoms with Gasteiger partial charge in [-0.25, -0.2) is 4.39 Å². The van der Waals surface area contributed by atoms with E-state index in [9.17, 15) is 9.18 Å². The van der Waals surface area contributed by atoms with Crippen LogP contribution in [0.5, 0.6) is 0 Å². The van der Waals surface area contributed by atoms with Crippen molar-refractivity contribution in [3.63, 3.8) is 0 Å². The van der Waals surface area contributed by atoms with E-state index in [-0.39, 0.29) is 30.7 Å². The highest BCUT2D eigenvalue weighted by Crippen LogP contribution is 2.46. The predicted molar refractivity (Wildman–Crippen MR) is 66.6 cm³/mol. The predicted octanol–water partition coefficient (Wildman–Crippen LogP) is 1.57. The summed E-state index contributed by atoms with van der Waals surface area (Å²) in [5, 5.41) is 5.66. The molecule has 1 aliphatic rings. The zero-order valence-electron chi connectivity index (χ0n) is 9.63. The molecule has 0 heterocycles. The van der Waals surface area contributed by atoms with Crippen LogP contribution in [-0.2, 0) is 10.3 Å². The van der Waals surface area contributed by atoms with Crippen LogP contribution in [0, 0.1) is 5.82 Å². The van der Waals surface area contributed by atoms with Gasteiger partial charge in [0.15, 0.2) is 0 Å². The van der Waals surface area contributed by atoms with Gasteiger partial charge in [-0.2, -0.15) is 0 Å². The summed E-state index contributed by atoms with van der Waals surface area (Å²) in [6, 6.07) is 6.62. The highest BCUT2D eigenvalue weighted by atomic mass is 35.5. The van der Waals surface area contributed by atoms with Crippen LogP contribution in [0.4, 0.5) is 4.39 Å². The summed E-state index contributed by atoms with van der Waals surface area (Å²) in [4.78, 5) is 11.5. The number of carbonyl (C=O) groups is 1. The van der Waals surface area contributed by atoms with Gasteiger partial charge in [0.05, 0.1) is 12.1 Å². The van der Waals surface area contributed by atoms with Crippen molar-refractivity contribution in [3.8, 4) is 0 Å². The van der Waals surface area contributed by atoms with Crippen molar-refractivity contribution >= 4 is 18.3 Å². The van der Waals surface area contributed by atoms with Gasteiger partial charge in [-0.15, -0.1) is 12.4 Å². The lowest BCUT2D eigenvalue weighted by Gasteiger charge is -2.18. The Morgan fingerprint density at radius 3 is 2.59 bits per heavy atom. The lowest BCUT2D eigenvalue weighted by atomic mass is 10.0. The molecule has 3 nitrogen and oxygen atoms in total. The fourth-order valence-corrected chi connectivity index (χ4v) is 1.91. The maximum atomic E-state index is 13.6. The normalized spacial score (nSPS) is 15.9. The molecule has 1 aromatic rings. The summed E-state index contributed by atoms with van der Waals surface area (Å²) in [6.07, 6.45) is 1.62. The first kappa shape index (κ1) is 13.9. The van der Waals surface area contributed by atoms with Gasteiger partial charge >= 0.3 is 0 Å². The van der Waals surface area contributed by atoms with E-state index in [1.807, 2.05) is 0 Å². The molecule has 0 bridgehead atoms. The standard InChI is InChI=1S/C12H15FN2O.ClH/c1-14-8-11(16)15-12(6-7-12)9-4-2-3-5-10(9)13;/h2-5,14H,6-8H2,1H3,(H,15,16);1H. The van der Waals surface area contributed by atoms with Gasteiger partial charge in [-0.3, -0.25) is 4.79 Å². The quantitative estimate of drug-likeness (QED) is 0.861. The van der Waals surface area contributed by atoms with Crippen molar-refractivity contribution in [2.45, 2.75) is 18.4 Å². The summed E-state index contributed by atoms with van der Waals surface area (Å²) in [6.45, 7) is 0.260. The van der Waals surface area contributed by atoms with E-state index in [0.717, 1.165) is 12.8 Å². The van der Waals surface area contributed by atoms with Gasteiger partial charge in [0.25, 0.3) is 0 Å². The van der Waals surface area contributed by atoms with Gasteiger partial charge in [-0.1, -0.05) is 18.2 Å². The lowest BCUT2D eigenvalue weighted by molar-refractivity contribution is -0.121. The second kappa shape index (κ2) is 5.47. The highest BCUT2D eigenvalue weighted by molar-refractivity contribution is 5.85. The number of likely N-dealkylation sites (N-methyl/N-ethyl adjacent to an activating group) is 1. The smallest absolute Gasteiger partial charge is 0.234 e. The first-order valence-electron chi connectivity index (χ1n) is 5.38. The van der Waals surface area contributed by atoms with Crippen LogP contribution in [0.25, 0.3) is 0 Å². The van der Waals surface area contributed by atoms with Crippen molar-refractivity contribution in [2.24, 2.45) is 0 Å². The summed E-state index contributed by atoms with van der Waals surface area (Å²) >= 11 is 0. The molecule has 1 aromatic carbocycles. The molecule has 5 heteroatoms. The van der Waals surface area contributed by atoms with E-state index in [1.165, 1.54) is 6.07 Å². The van der Waals surface area contributed by atoms with Gasteiger partial charge in [0.1, 0.15) is 5.82 Å². The van der Waals surface area contributed by atoms with E-state index in [1.54, 1.807) is 25.2 Å². The molecule has 2 rings (SSSR count). The molecule has 0 aliphatic heterocycles. The fourth-order valence-electron chi connectivity index (χ4n) is 1.91. The van der Waals surface area contributed by atoms with Crippen molar-refractivity contribution in [2.75, 3.05) is 13.6 Å². The van der Waals surface area contributed by atoms with Crippen LogP contribution in [0.3, 0.4) is 0 Å². The number of nitrogens with one attached hydrogen (secondary N) is 2. The van der Waals surface area contributed by atoms with Crippen LogP contribution in [0.15, 0.2) is 24.3 Å². The first-order valence-corrected chi connectivity index (χ1v) is 5.38. The number of rotatable bonds is 4. The third kappa shape index (κ3) is 2.96. The SMILES string of the molecule is CNCC(=O)NC1(c2ccccc2F)CC1.Cl. The zero-order valence-corrected chi connectivity index (χ0v) is 10.4. The average Bonchev–Trinajstić information content (AvgIpc) is 2.99. The molecule has 0 unspecified atom stereocenters. The second-order valence-corrected chi connectivity index (χ2v) is 4.14. The summed E-state index contributed by atoms with van der Waals surface area (Å²) in [5.41, 5.74) is 0.138. The van der Waals surface area contributed by atoms with Crippen molar-refractivity contribution in [1.29, 1.82) is 0 Å². The van der Waals surface area contributed by atoms with E-state index < -0.39 is 5.54 Å². The van der Waals surface area contributed by atoms with Crippen LogP contribution < -0.4 is 10.6 Å². The molecule has 1 fully saturated rings. The largest absolute Gasteiger partial charge is 0.345 e. The lowest BCUT2D eigenvalue weighted by Crippen LogP contribution is -2.40. The Labute approximate surface area is 106 Å². The number of hydrogen-bond acceptors (Lipinski definition) is 2. The molecule has 0 spiro atoms. The summed E-state index contributed by atoms with van der Waals surface area (Å²) in [5.74, 6) is -0.340. The number of halogens is 2. The number of carbonyl (C=O) groups excluding carboxylic acids is 1. The average molecular weight is 259 g/mol. The minimum Gasteiger partial charge on any atom is -0.345 e. The number of hydrogen-bond donors (Lipinski definition) is 2. The summed E-state index contributed by atoms with van der Waals surface area (Å²) < 4.78 is 13.6. The van der Waals surface area contributed by atoms with E-state index >= 15 is 0 Å². The molecule has 1 amide bonds. The summed E-state index contributed by atoms with van der Waals surface area (Å²) in [7, 11) is 1.71. The Hall–Kier alpha value is -1.13. The Kier molecular flexibility index (Phi) is 4.48. The van der Waals surface area contributed by atoms with Crippen LogP contribution in [-0.4, -0.2) is 19.5 Å². The fraction of sp³-hybridized carbons (Fsp3) is 0.417. The van der Waals surface area contributed by atoms with Crippen molar-refractivity contribution < 1.29 is 9.18 Å². The molecule has 94 valence electrons. The maximum absolute atomic E-state index is 13.6. The Morgan fingerprint density at radius 2 is 2.06 bits per heavy atom. The van der Waals surface area contributed by atoms with Gasteiger partial charge in [0, 0.05) is 5.56 Å². The maximum Gasteiger partial charge on any atom is 0.234 e. The Bertz CT molecular complexity index is 407. The van der Waals surface area contributed by atoms with Crippen LogP contribution in [0.1, 0.15) is 18.4 Å². The Morgan fingerprint density at radius 1 is 1.41 bits per heavy atom. The molecular weight excluding hydrogens is 243 g/mol. The molecule has 0 atom stereocenters. The molecule has 2 N–H and O–H groups in total. The topological polar surface area (TPSA) is 41.1 Å². The van der Waals surface area contributed by atoms with E-state index in [4.69, 9.17) is 0 Å². The molecule has 17 heavy (non-hydrogen) atoms. The molecule has 0 saturated heterocycles. The van der Waals surface area contributed by atoms with Crippen LogP contribution >= 0.6 is 12.4 Å². The third-order valence-electron chi connectivity index (χ3n) is 2.86. The van der Waals surface area contributed by atoms with Gasteiger partial charge in [0.2, 0.25) is 5.91 Å². The minimum absolute atomic E-state index is 0. The van der Waals surface area contributed by atoms with Crippen molar-refractivity contribution in [1.82, 2.24) is 10.6 Å². The molecule has 0 aromatic heterocycles. The van der Waals surface area contributed by atoms with Crippen molar-refractivity contribution in [3.05, 3.63) is 35.6 Å². The third-order valence-corrected chi connectivity index (χ3v) is 2.86. The van der Waals surface area contributed by atoms with Gasteiger partial charge in [-0.05, 0) is 26.0 Å². The molecular formula is C12H16ClFN2O. The molecule has 1 saturated carbocycles. The monoisotopic (exact) mass is 258 g/mol. The van der Waals surface area contributed by atoms with E-state index in [2.05, 4.69) is 10.6 Å². The zero-order chi connectivity index (χ0) is 11.6. The molecule has 0 radical (unpaired) electrons. The van der Waals surface area contributed by atoms with E-state index in [0.29, 0.717) is 5.56 Å². The Balaban J connectivity index is 0.00000144. The number of benzene rings is 1.